The Morgan fingerprint density at radius 1 is 1.12 bits per heavy atom. The van der Waals surface area contributed by atoms with Crippen molar-refractivity contribution in [3.8, 4) is 0 Å². The normalized spacial score (nSPS) is 10.7. The van der Waals surface area contributed by atoms with Crippen LogP contribution in [0.25, 0.3) is 10.8 Å². The number of fused-ring (bicyclic) bond motifs is 1. The van der Waals surface area contributed by atoms with E-state index in [1.165, 1.54) is 12.1 Å². The van der Waals surface area contributed by atoms with E-state index in [9.17, 15) is 14.0 Å². The lowest BCUT2D eigenvalue weighted by atomic mass is 10.1. The van der Waals surface area contributed by atoms with Crippen molar-refractivity contribution in [1.82, 2.24) is 15.5 Å². The molecule has 1 amide bonds. The van der Waals surface area contributed by atoms with Crippen LogP contribution in [0, 0.1) is 5.82 Å². The second kappa shape index (κ2) is 7.04. The van der Waals surface area contributed by atoms with Crippen LogP contribution in [0.4, 0.5) is 4.39 Å². The number of aromatic amines is 1. The lowest BCUT2D eigenvalue weighted by Gasteiger charge is -2.07. The van der Waals surface area contributed by atoms with Crippen LogP contribution in [-0.2, 0) is 17.6 Å². The first-order valence-electron chi connectivity index (χ1n) is 7.61. The van der Waals surface area contributed by atoms with Gasteiger partial charge in [0.05, 0.1) is 17.5 Å². The maximum absolute atomic E-state index is 13.1. The highest BCUT2D eigenvalue weighted by molar-refractivity contribution is 5.88. The molecule has 6 heteroatoms. The van der Waals surface area contributed by atoms with Crippen molar-refractivity contribution >= 4 is 16.7 Å². The predicted molar refractivity (Wildman–Crippen MR) is 89.2 cm³/mol. The highest BCUT2D eigenvalue weighted by Gasteiger charge is 2.10. The summed E-state index contributed by atoms with van der Waals surface area (Å²) in [7, 11) is 0. The summed E-state index contributed by atoms with van der Waals surface area (Å²) in [6, 6.07) is 13.3. The monoisotopic (exact) mass is 325 g/mol. The zero-order chi connectivity index (χ0) is 16.9. The van der Waals surface area contributed by atoms with Gasteiger partial charge in [0, 0.05) is 11.9 Å². The number of rotatable bonds is 5. The zero-order valence-electron chi connectivity index (χ0n) is 12.9. The van der Waals surface area contributed by atoms with Crippen LogP contribution in [0.15, 0.2) is 53.3 Å². The Labute approximate surface area is 137 Å². The van der Waals surface area contributed by atoms with Crippen LogP contribution >= 0.6 is 0 Å². The Morgan fingerprint density at radius 3 is 2.71 bits per heavy atom. The van der Waals surface area contributed by atoms with E-state index in [2.05, 4.69) is 15.5 Å². The number of nitrogens with one attached hydrogen (secondary N) is 2. The summed E-state index contributed by atoms with van der Waals surface area (Å²) in [6.07, 6.45) is 0.615. The topological polar surface area (TPSA) is 74.8 Å². The van der Waals surface area contributed by atoms with Gasteiger partial charge in [-0.25, -0.2) is 9.49 Å². The van der Waals surface area contributed by atoms with E-state index < -0.39 is 0 Å². The first-order valence-corrected chi connectivity index (χ1v) is 7.61. The van der Waals surface area contributed by atoms with Crippen molar-refractivity contribution in [3.63, 3.8) is 0 Å². The fourth-order valence-corrected chi connectivity index (χ4v) is 2.56. The van der Waals surface area contributed by atoms with Crippen LogP contribution in [0.1, 0.15) is 11.3 Å². The van der Waals surface area contributed by atoms with E-state index in [-0.39, 0.29) is 23.7 Å². The molecule has 0 unspecified atom stereocenters. The van der Waals surface area contributed by atoms with Crippen molar-refractivity contribution < 1.29 is 9.18 Å². The molecule has 0 fully saturated rings. The van der Waals surface area contributed by atoms with Crippen LogP contribution in [0.5, 0.6) is 0 Å². The molecule has 0 aliphatic heterocycles. The Balaban J connectivity index is 1.63. The van der Waals surface area contributed by atoms with Crippen LogP contribution < -0.4 is 10.9 Å². The van der Waals surface area contributed by atoms with Crippen LogP contribution in [-0.4, -0.2) is 22.6 Å². The van der Waals surface area contributed by atoms with E-state index in [1.54, 1.807) is 30.3 Å². The Morgan fingerprint density at radius 2 is 1.92 bits per heavy atom. The van der Waals surface area contributed by atoms with Crippen molar-refractivity contribution in [2.45, 2.75) is 12.8 Å². The Kier molecular flexibility index (Phi) is 4.65. The molecule has 0 atom stereocenters. The molecule has 5 nitrogen and oxygen atoms in total. The Bertz CT molecular complexity index is 937. The molecule has 1 aromatic heterocycles. The number of nitrogens with zero attached hydrogens (tertiary/aromatic N) is 1. The summed E-state index contributed by atoms with van der Waals surface area (Å²) in [5.74, 6) is -0.487. The maximum atomic E-state index is 13.1. The number of hydrogen-bond acceptors (Lipinski definition) is 3. The summed E-state index contributed by atoms with van der Waals surface area (Å²) in [4.78, 5) is 23.8. The molecule has 1 heterocycles. The van der Waals surface area contributed by atoms with Gasteiger partial charge in [0.1, 0.15) is 5.82 Å². The van der Waals surface area contributed by atoms with Gasteiger partial charge in [-0.2, -0.15) is 5.10 Å². The predicted octanol–water partition coefficient (Wildman–Crippen LogP) is 1.96. The molecule has 2 aromatic carbocycles. The number of aromatic nitrogens is 2. The van der Waals surface area contributed by atoms with E-state index in [1.807, 2.05) is 6.07 Å². The minimum Gasteiger partial charge on any atom is -0.355 e. The van der Waals surface area contributed by atoms with Gasteiger partial charge in [0.25, 0.3) is 5.56 Å². The largest absolute Gasteiger partial charge is 0.355 e. The number of benzene rings is 2. The highest BCUT2D eigenvalue weighted by atomic mass is 19.1. The van der Waals surface area contributed by atoms with Crippen LogP contribution in [0.2, 0.25) is 0 Å². The van der Waals surface area contributed by atoms with Gasteiger partial charge < -0.3 is 5.32 Å². The van der Waals surface area contributed by atoms with Crippen molar-refractivity contribution in [3.05, 3.63) is 76.0 Å². The minimum absolute atomic E-state index is 0.0699. The average Bonchev–Trinajstić information content (AvgIpc) is 2.58. The lowest BCUT2D eigenvalue weighted by molar-refractivity contribution is -0.120. The maximum Gasteiger partial charge on any atom is 0.272 e. The summed E-state index contributed by atoms with van der Waals surface area (Å²) < 4.78 is 13.1. The van der Waals surface area contributed by atoms with Crippen molar-refractivity contribution in [2.75, 3.05) is 6.54 Å². The first kappa shape index (κ1) is 15.9. The first-order chi connectivity index (χ1) is 11.6. The molecule has 0 aliphatic rings. The second-order valence-electron chi connectivity index (χ2n) is 5.45. The number of amides is 1. The summed E-state index contributed by atoms with van der Waals surface area (Å²) in [5.41, 5.74) is 1.07. The molecule has 0 saturated carbocycles. The third-order valence-electron chi connectivity index (χ3n) is 3.73. The molecule has 2 N–H and O–H groups in total. The highest BCUT2D eigenvalue weighted by Crippen LogP contribution is 2.12. The summed E-state index contributed by atoms with van der Waals surface area (Å²) >= 11 is 0. The molecule has 122 valence electrons. The molecule has 0 bridgehead atoms. The molecular weight excluding hydrogens is 309 g/mol. The van der Waals surface area contributed by atoms with E-state index in [0.717, 1.165) is 5.56 Å². The van der Waals surface area contributed by atoms with Gasteiger partial charge in [-0.15, -0.1) is 0 Å². The lowest BCUT2D eigenvalue weighted by Crippen LogP contribution is -2.28. The Hall–Kier alpha value is -3.02. The zero-order valence-corrected chi connectivity index (χ0v) is 12.9. The number of carbonyl (C=O) groups excluding carboxylic acids is 1. The number of H-pyrrole nitrogens is 1. The number of carbonyl (C=O) groups is 1. The molecule has 0 aliphatic carbocycles. The van der Waals surface area contributed by atoms with Gasteiger partial charge >= 0.3 is 0 Å². The summed E-state index contributed by atoms with van der Waals surface area (Å²) in [5, 5.41) is 10.3. The average molecular weight is 325 g/mol. The molecule has 0 radical (unpaired) electrons. The molecule has 3 rings (SSSR count). The van der Waals surface area contributed by atoms with Gasteiger partial charge in [-0.1, -0.05) is 30.3 Å². The quantitative estimate of drug-likeness (QED) is 0.753. The van der Waals surface area contributed by atoms with E-state index in [4.69, 9.17) is 0 Å². The number of hydrogen-bond donors (Lipinski definition) is 2. The smallest absolute Gasteiger partial charge is 0.272 e. The van der Waals surface area contributed by atoms with E-state index >= 15 is 0 Å². The summed E-state index contributed by atoms with van der Waals surface area (Å²) in [6.45, 7) is 0.406. The van der Waals surface area contributed by atoms with Gasteiger partial charge in [-0.3, -0.25) is 9.59 Å². The fourth-order valence-electron chi connectivity index (χ4n) is 2.56. The van der Waals surface area contributed by atoms with E-state index in [0.29, 0.717) is 29.4 Å². The van der Waals surface area contributed by atoms with Crippen molar-refractivity contribution in [2.24, 2.45) is 0 Å². The minimum atomic E-state index is -0.289. The third kappa shape index (κ3) is 3.65. The molecular formula is C18H16FN3O2. The standard InChI is InChI=1S/C18H16FN3O2/c19-13-5-3-4-12(10-13)8-9-20-17(23)11-16-14-6-1-2-7-15(14)18(24)22-21-16/h1-7,10H,8-9,11H2,(H,20,23)(H,22,24). The van der Waals surface area contributed by atoms with Crippen molar-refractivity contribution in [1.29, 1.82) is 0 Å². The van der Waals surface area contributed by atoms with Gasteiger partial charge in [0.15, 0.2) is 0 Å². The second-order valence-corrected chi connectivity index (χ2v) is 5.45. The van der Waals surface area contributed by atoms with Gasteiger partial charge in [-0.05, 0) is 30.2 Å². The third-order valence-corrected chi connectivity index (χ3v) is 3.73. The number of halogens is 1. The van der Waals surface area contributed by atoms with Crippen LogP contribution in [0.3, 0.4) is 0 Å². The molecule has 24 heavy (non-hydrogen) atoms. The fraction of sp³-hybridized carbons (Fsp3) is 0.167. The molecule has 0 saturated heterocycles. The van der Waals surface area contributed by atoms with Gasteiger partial charge in [0.2, 0.25) is 5.91 Å². The molecule has 0 spiro atoms. The molecule has 3 aromatic rings. The SMILES string of the molecule is O=C(Cc1n[nH]c(=O)c2ccccc12)NCCc1cccc(F)c1.